The van der Waals surface area contributed by atoms with Crippen LogP contribution < -0.4 is 20.7 Å². The first-order valence-electron chi connectivity index (χ1n) is 11.8. The molecule has 0 saturated heterocycles. The first kappa shape index (κ1) is 28.2. The van der Waals surface area contributed by atoms with Crippen molar-refractivity contribution in [1.82, 2.24) is 5.32 Å². The molecule has 10 nitrogen and oxygen atoms in total. The van der Waals surface area contributed by atoms with E-state index in [4.69, 9.17) is 14.2 Å². The normalized spacial score (nSPS) is 10.4. The highest BCUT2D eigenvalue weighted by atomic mass is 32.1. The van der Waals surface area contributed by atoms with E-state index < -0.39 is 30.5 Å². The molecule has 0 aliphatic heterocycles. The quantitative estimate of drug-likeness (QED) is 0.311. The van der Waals surface area contributed by atoms with Gasteiger partial charge < -0.3 is 30.2 Å². The molecule has 0 saturated carbocycles. The lowest BCUT2D eigenvalue weighted by Gasteiger charge is -2.13. The summed E-state index contributed by atoms with van der Waals surface area (Å²) in [6.45, 7) is 4.85. The van der Waals surface area contributed by atoms with Crippen LogP contribution in [0.3, 0.4) is 0 Å². The van der Waals surface area contributed by atoms with Crippen molar-refractivity contribution < 1.29 is 33.4 Å². The fraction of sp³-hybridized carbons (Fsp3) is 0.259. The average Bonchev–Trinajstić information content (AvgIpc) is 3.30. The molecular formula is C27H29N3O7S. The predicted octanol–water partition coefficient (Wildman–Crippen LogP) is 4.93. The molecule has 1 aromatic heterocycles. The molecule has 38 heavy (non-hydrogen) atoms. The lowest BCUT2D eigenvalue weighted by atomic mass is 10.0. The maximum atomic E-state index is 12.8. The second-order valence-electron chi connectivity index (χ2n) is 8.23. The first-order chi connectivity index (χ1) is 18.2. The second-order valence-corrected chi connectivity index (χ2v) is 9.11. The minimum atomic E-state index is -0.795. The Balaban J connectivity index is 1.72. The fourth-order valence-electron chi connectivity index (χ4n) is 3.40. The molecule has 0 atom stereocenters. The molecule has 3 amide bonds. The molecular weight excluding hydrogens is 510 g/mol. The number of carbonyl (C=O) groups excluding carboxylic acids is 4. The van der Waals surface area contributed by atoms with Gasteiger partial charge >= 0.3 is 18.0 Å². The second kappa shape index (κ2) is 13.2. The minimum Gasteiger partial charge on any atom is -0.497 e. The molecule has 0 bridgehead atoms. The number of anilines is 2. The number of nitrogens with one attached hydrogen (secondary N) is 3. The van der Waals surface area contributed by atoms with Crippen LogP contribution in [0.15, 0.2) is 53.9 Å². The number of amides is 3. The molecule has 11 heteroatoms. The summed E-state index contributed by atoms with van der Waals surface area (Å²) in [4.78, 5) is 50.1. The molecule has 3 rings (SSSR count). The summed E-state index contributed by atoms with van der Waals surface area (Å²) < 4.78 is 15.6. The third-order valence-corrected chi connectivity index (χ3v) is 5.97. The standard InChI is InChI=1S/C27H29N3O7S/c1-5-36-26(33)23-20(17-10-12-18(35-4)13-11-17)15-38-24(23)30-22(31)14-37-25(32)19-8-6-7-9-21(19)29-27(34)28-16(2)3/h6-13,15-16H,5,14H2,1-4H3,(H,30,31)(H2,28,29,34). The summed E-state index contributed by atoms with van der Waals surface area (Å²) >= 11 is 1.15. The Bertz CT molecular complexity index is 1300. The van der Waals surface area contributed by atoms with E-state index in [1.165, 1.54) is 6.07 Å². The number of carbonyl (C=O) groups is 4. The van der Waals surface area contributed by atoms with E-state index >= 15 is 0 Å². The maximum absolute atomic E-state index is 12.8. The highest BCUT2D eigenvalue weighted by molar-refractivity contribution is 7.15. The topological polar surface area (TPSA) is 132 Å². The van der Waals surface area contributed by atoms with Gasteiger partial charge in [-0.15, -0.1) is 11.3 Å². The van der Waals surface area contributed by atoms with E-state index in [0.29, 0.717) is 11.3 Å². The van der Waals surface area contributed by atoms with Crippen molar-refractivity contribution in [1.29, 1.82) is 0 Å². The largest absolute Gasteiger partial charge is 0.497 e. The van der Waals surface area contributed by atoms with Gasteiger partial charge in [0.2, 0.25) is 0 Å². The molecule has 3 aromatic rings. The molecule has 0 spiro atoms. The molecule has 2 aromatic carbocycles. The highest BCUT2D eigenvalue weighted by Crippen LogP contribution is 2.37. The van der Waals surface area contributed by atoms with Gasteiger partial charge in [0.1, 0.15) is 16.3 Å². The number of benzene rings is 2. The summed E-state index contributed by atoms with van der Waals surface area (Å²) in [5.74, 6) is -1.37. The van der Waals surface area contributed by atoms with E-state index in [0.717, 1.165) is 16.9 Å². The minimum absolute atomic E-state index is 0.0873. The maximum Gasteiger partial charge on any atom is 0.341 e. The van der Waals surface area contributed by atoms with Gasteiger partial charge in [-0.1, -0.05) is 24.3 Å². The Morgan fingerprint density at radius 1 is 0.921 bits per heavy atom. The van der Waals surface area contributed by atoms with Crippen LogP contribution in [0, 0.1) is 0 Å². The number of ether oxygens (including phenoxy) is 3. The molecule has 3 N–H and O–H groups in total. The van der Waals surface area contributed by atoms with Crippen LogP contribution in [0.2, 0.25) is 0 Å². The number of para-hydroxylation sites is 1. The van der Waals surface area contributed by atoms with Gasteiger partial charge in [-0.05, 0) is 50.6 Å². The summed E-state index contributed by atoms with van der Waals surface area (Å²) in [6, 6.07) is 12.8. The highest BCUT2D eigenvalue weighted by Gasteiger charge is 2.24. The molecule has 0 aliphatic rings. The van der Waals surface area contributed by atoms with Gasteiger partial charge in [0.05, 0.1) is 25.0 Å². The van der Waals surface area contributed by atoms with Crippen molar-refractivity contribution >= 4 is 45.9 Å². The van der Waals surface area contributed by atoms with Crippen molar-refractivity contribution in [3.05, 3.63) is 65.0 Å². The SMILES string of the molecule is CCOC(=O)c1c(-c2ccc(OC)cc2)csc1NC(=O)COC(=O)c1ccccc1NC(=O)NC(C)C. The van der Waals surface area contributed by atoms with Gasteiger partial charge in [0.25, 0.3) is 5.91 Å². The van der Waals surface area contributed by atoms with Crippen LogP contribution in [0.4, 0.5) is 15.5 Å². The van der Waals surface area contributed by atoms with Crippen LogP contribution in [-0.2, 0) is 14.3 Å². The third kappa shape index (κ3) is 7.32. The smallest absolute Gasteiger partial charge is 0.341 e. The van der Waals surface area contributed by atoms with Crippen molar-refractivity contribution in [2.24, 2.45) is 0 Å². The van der Waals surface area contributed by atoms with Crippen molar-refractivity contribution in [3.8, 4) is 16.9 Å². The number of thiophene rings is 1. The van der Waals surface area contributed by atoms with E-state index in [1.54, 1.807) is 75.7 Å². The third-order valence-electron chi connectivity index (χ3n) is 5.07. The zero-order valence-electron chi connectivity index (χ0n) is 21.5. The van der Waals surface area contributed by atoms with Crippen LogP contribution in [-0.4, -0.2) is 50.2 Å². The van der Waals surface area contributed by atoms with Crippen LogP contribution in [0.5, 0.6) is 5.75 Å². The van der Waals surface area contributed by atoms with Crippen molar-refractivity contribution in [3.63, 3.8) is 0 Å². The molecule has 200 valence electrons. The van der Waals surface area contributed by atoms with Gasteiger partial charge in [0.15, 0.2) is 6.61 Å². The Morgan fingerprint density at radius 2 is 1.63 bits per heavy atom. The Kier molecular flexibility index (Phi) is 9.83. The first-order valence-corrected chi connectivity index (χ1v) is 12.7. The number of methoxy groups -OCH3 is 1. The van der Waals surface area contributed by atoms with Gasteiger partial charge in [-0.2, -0.15) is 0 Å². The van der Waals surface area contributed by atoms with Crippen molar-refractivity contribution in [2.75, 3.05) is 31.0 Å². The Hall–Kier alpha value is -4.38. The van der Waals surface area contributed by atoms with Crippen molar-refractivity contribution in [2.45, 2.75) is 26.8 Å². The Morgan fingerprint density at radius 3 is 2.29 bits per heavy atom. The van der Waals surface area contributed by atoms with Gasteiger partial charge in [-0.25, -0.2) is 14.4 Å². The Labute approximate surface area is 224 Å². The van der Waals surface area contributed by atoms with E-state index in [-0.39, 0.29) is 34.5 Å². The van der Waals surface area contributed by atoms with Gasteiger partial charge in [0, 0.05) is 17.0 Å². The molecule has 0 fully saturated rings. The molecule has 0 aliphatic carbocycles. The molecule has 0 unspecified atom stereocenters. The summed E-state index contributed by atoms with van der Waals surface area (Å²) in [6.07, 6.45) is 0. The van der Waals surface area contributed by atoms with Crippen LogP contribution >= 0.6 is 11.3 Å². The van der Waals surface area contributed by atoms with E-state index in [2.05, 4.69) is 16.0 Å². The number of hydrogen-bond acceptors (Lipinski definition) is 8. The molecule has 1 heterocycles. The molecule has 0 radical (unpaired) electrons. The lowest BCUT2D eigenvalue weighted by molar-refractivity contribution is -0.119. The van der Waals surface area contributed by atoms with E-state index in [9.17, 15) is 19.2 Å². The predicted molar refractivity (Wildman–Crippen MR) is 145 cm³/mol. The van der Waals surface area contributed by atoms with Gasteiger partial charge in [-0.3, -0.25) is 4.79 Å². The fourth-order valence-corrected chi connectivity index (χ4v) is 4.37. The zero-order valence-corrected chi connectivity index (χ0v) is 22.3. The zero-order chi connectivity index (χ0) is 27.7. The number of hydrogen-bond donors (Lipinski definition) is 3. The number of esters is 2. The average molecular weight is 540 g/mol. The number of urea groups is 1. The van der Waals surface area contributed by atoms with Crippen LogP contribution in [0.25, 0.3) is 11.1 Å². The lowest BCUT2D eigenvalue weighted by Crippen LogP contribution is -2.34. The monoisotopic (exact) mass is 539 g/mol. The summed E-state index contributed by atoms with van der Waals surface area (Å²) in [5.41, 5.74) is 1.85. The van der Waals surface area contributed by atoms with E-state index in [1.807, 2.05) is 0 Å². The van der Waals surface area contributed by atoms with Crippen LogP contribution in [0.1, 0.15) is 41.5 Å². The summed E-state index contributed by atoms with van der Waals surface area (Å²) in [5, 5.41) is 9.90. The summed E-state index contributed by atoms with van der Waals surface area (Å²) in [7, 11) is 1.56. The number of rotatable bonds is 10.